The van der Waals surface area contributed by atoms with Crippen LogP contribution in [0.3, 0.4) is 0 Å². The van der Waals surface area contributed by atoms with Crippen molar-refractivity contribution in [3.8, 4) is 6.07 Å². The Hall–Kier alpha value is -1.73. The van der Waals surface area contributed by atoms with Gasteiger partial charge in [0.25, 0.3) is 0 Å². The Morgan fingerprint density at radius 1 is 1.47 bits per heavy atom. The van der Waals surface area contributed by atoms with E-state index in [0.717, 1.165) is 18.7 Å². The van der Waals surface area contributed by atoms with Crippen molar-refractivity contribution in [2.45, 2.75) is 6.42 Å². The predicted molar refractivity (Wildman–Crippen MR) is 66.0 cm³/mol. The average molecular weight is 250 g/mol. The Balaban J connectivity index is 2.34. The summed E-state index contributed by atoms with van der Waals surface area (Å²) in [4.78, 5) is 13.4. The molecule has 1 fully saturated rings. The fourth-order valence-electron chi connectivity index (χ4n) is 1.87. The molecule has 4 nitrogen and oxygen atoms in total. The lowest BCUT2D eigenvalue weighted by molar-refractivity contribution is -0.119. The maximum Gasteiger partial charge on any atom is 0.239 e. The number of halogens is 1. The summed E-state index contributed by atoms with van der Waals surface area (Å²) in [5.41, 5.74) is 1.28. The van der Waals surface area contributed by atoms with Gasteiger partial charge in [-0.05, 0) is 24.6 Å². The fourth-order valence-corrected chi connectivity index (χ4v) is 2.04. The zero-order chi connectivity index (χ0) is 12.3. The summed E-state index contributed by atoms with van der Waals surface area (Å²) < 4.78 is 0. The second-order valence-corrected chi connectivity index (χ2v) is 4.33. The number of benzene rings is 1. The number of amides is 1. The SMILES string of the molecule is N#Cc1ccc(Cl)cc1N1CCCNC(=O)C1. The molecule has 1 N–H and O–H groups in total. The van der Waals surface area contributed by atoms with E-state index in [4.69, 9.17) is 16.9 Å². The Bertz CT molecular complexity index is 481. The number of carbonyl (C=O) groups excluding carboxylic acids is 1. The zero-order valence-electron chi connectivity index (χ0n) is 9.24. The van der Waals surface area contributed by atoms with Crippen LogP contribution in [0.25, 0.3) is 0 Å². The first-order chi connectivity index (χ1) is 8.20. The number of carbonyl (C=O) groups is 1. The van der Waals surface area contributed by atoms with Gasteiger partial charge >= 0.3 is 0 Å². The van der Waals surface area contributed by atoms with Gasteiger partial charge in [0.2, 0.25) is 5.91 Å². The smallest absolute Gasteiger partial charge is 0.239 e. The summed E-state index contributed by atoms with van der Waals surface area (Å²) >= 11 is 5.93. The van der Waals surface area contributed by atoms with Crippen LogP contribution in [0, 0.1) is 11.3 Å². The third kappa shape index (κ3) is 2.69. The molecule has 0 bridgehead atoms. The molecule has 1 aromatic carbocycles. The Labute approximate surface area is 105 Å². The minimum Gasteiger partial charge on any atom is -0.361 e. The van der Waals surface area contributed by atoms with Crippen molar-refractivity contribution >= 4 is 23.2 Å². The van der Waals surface area contributed by atoms with E-state index in [1.54, 1.807) is 18.2 Å². The molecule has 1 amide bonds. The maximum absolute atomic E-state index is 11.5. The molecule has 88 valence electrons. The van der Waals surface area contributed by atoms with Crippen LogP contribution in [0.2, 0.25) is 5.02 Å². The van der Waals surface area contributed by atoms with Crippen molar-refractivity contribution in [3.63, 3.8) is 0 Å². The maximum atomic E-state index is 11.5. The van der Waals surface area contributed by atoms with Gasteiger partial charge in [0.1, 0.15) is 6.07 Å². The highest BCUT2D eigenvalue weighted by molar-refractivity contribution is 6.30. The van der Waals surface area contributed by atoms with Crippen LogP contribution in [0.1, 0.15) is 12.0 Å². The monoisotopic (exact) mass is 249 g/mol. The predicted octanol–water partition coefficient (Wildman–Crippen LogP) is 1.54. The highest BCUT2D eigenvalue weighted by atomic mass is 35.5. The molecular formula is C12H12ClN3O. The minimum atomic E-state index is -0.0219. The highest BCUT2D eigenvalue weighted by Gasteiger charge is 2.17. The van der Waals surface area contributed by atoms with Crippen LogP contribution in [-0.4, -0.2) is 25.5 Å². The summed E-state index contributed by atoms with van der Waals surface area (Å²) in [7, 11) is 0. The molecule has 0 saturated carbocycles. The lowest BCUT2D eigenvalue weighted by Crippen LogP contribution is -2.33. The first-order valence-corrected chi connectivity index (χ1v) is 5.80. The van der Waals surface area contributed by atoms with Crippen molar-refractivity contribution in [2.24, 2.45) is 0 Å². The van der Waals surface area contributed by atoms with Gasteiger partial charge in [-0.1, -0.05) is 11.6 Å². The molecule has 0 unspecified atom stereocenters. The van der Waals surface area contributed by atoms with Crippen LogP contribution in [0.4, 0.5) is 5.69 Å². The van der Waals surface area contributed by atoms with Gasteiger partial charge in [-0.2, -0.15) is 5.26 Å². The molecule has 1 saturated heterocycles. The first kappa shape index (κ1) is 11.7. The minimum absolute atomic E-state index is 0.0219. The van der Waals surface area contributed by atoms with E-state index < -0.39 is 0 Å². The molecule has 0 atom stereocenters. The van der Waals surface area contributed by atoms with E-state index in [-0.39, 0.29) is 12.5 Å². The fraction of sp³-hybridized carbons (Fsp3) is 0.333. The molecule has 0 aromatic heterocycles. The van der Waals surface area contributed by atoms with Crippen LogP contribution in [-0.2, 0) is 4.79 Å². The summed E-state index contributed by atoms with van der Waals surface area (Å²) in [6.07, 6.45) is 0.864. The Morgan fingerprint density at radius 2 is 2.29 bits per heavy atom. The van der Waals surface area contributed by atoms with Gasteiger partial charge in [0.05, 0.1) is 17.8 Å². The number of rotatable bonds is 1. The number of hydrogen-bond acceptors (Lipinski definition) is 3. The number of nitrogens with zero attached hydrogens (tertiary/aromatic N) is 2. The van der Waals surface area contributed by atoms with Gasteiger partial charge in [-0.25, -0.2) is 0 Å². The lowest BCUT2D eigenvalue weighted by atomic mass is 10.1. The van der Waals surface area contributed by atoms with Crippen LogP contribution in [0.15, 0.2) is 18.2 Å². The van der Waals surface area contributed by atoms with E-state index in [1.165, 1.54) is 0 Å². The van der Waals surface area contributed by atoms with E-state index >= 15 is 0 Å². The molecule has 0 spiro atoms. The van der Waals surface area contributed by atoms with Crippen LogP contribution < -0.4 is 10.2 Å². The quantitative estimate of drug-likeness (QED) is 0.821. The van der Waals surface area contributed by atoms with Crippen molar-refractivity contribution in [1.29, 1.82) is 5.26 Å². The summed E-state index contributed by atoms with van der Waals surface area (Å²) in [5.74, 6) is -0.0219. The molecule has 0 aliphatic carbocycles. The third-order valence-corrected chi connectivity index (χ3v) is 2.92. The van der Waals surface area contributed by atoms with Crippen LogP contribution in [0.5, 0.6) is 0 Å². The molecule has 1 aromatic rings. The van der Waals surface area contributed by atoms with Gasteiger partial charge in [0.15, 0.2) is 0 Å². The van der Waals surface area contributed by atoms with Gasteiger partial charge in [-0.15, -0.1) is 0 Å². The lowest BCUT2D eigenvalue weighted by Gasteiger charge is -2.22. The largest absolute Gasteiger partial charge is 0.361 e. The standard InChI is InChI=1S/C12H12ClN3O/c13-10-3-2-9(7-14)11(6-10)16-5-1-4-15-12(17)8-16/h2-3,6H,1,4-5,8H2,(H,15,17). The van der Waals surface area contributed by atoms with Crippen molar-refractivity contribution < 1.29 is 4.79 Å². The second-order valence-electron chi connectivity index (χ2n) is 3.90. The zero-order valence-corrected chi connectivity index (χ0v) is 10.00. The van der Waals surface area contributed by atoms with E-state index in [1.807, 2.05) is 4.90 Å². The number of hydrogen-bond donors (Lipinski definition) is 1. The number of nitrogens with one attached hydrogen (secondary N) is 1. The molecule has 1 heterocycles. The Morgan fingerprint density at radius 3 is 3.06 bits per heavy atom. The normalized spacial score (nSPS) is 16.0. The van der Waals surface area contributed by atoms with Crippen LogP contribution >= 0.6 is 11.6 Å². The summed E-state index contributed by atoms with van der Waals surface area (Å²) in [5, 5.41) is 12.4. The molecule has 1 aliphatic heterocycles. The number of anilines is 1. The van der Waals surface area contributed by atoms with Gasteiger partial charge in [-0.3, -0.25) is 4.79 Å². The van der Waals surface area contributed by atoms with Crippen molar-refractivity contribution in [1.82, 2.24) is 5.32 Å². The highest BCUT2D eigenvalue weighted by Crippen LogP contribution is 2.24. The van der Waals surface area contributed by atoms with E-state index in [9.17, 15) is 4.79 Å². The third-order valence-electron chi connectivity index (χ3n) is 2.68. The Kier molecular flexibility index (Phi) is 3.50. The van der Waals surface area contributed by atoms with Crippen molar-refractivity contribution in [3.05, 3.63) is 28.8 Å². The molecule has 0 radical (unpaired) electrons. The van der Waals surface area contributed by atoms with E-state index in [2.05, 4.69) is 11.4 Å². The van der Waals surface area contributed by atoms with Gasteiger partial charge < -0.3 is 10.2 Å². The topological polar surface area (TPSA) is 56.1 Å². The summed E-state index contributed by atoms with van der Waals surface area (Å²) in [6, 6.07) is 7.22. The number of nitriles is 1. The molecule has 17 heavy (non-hydrogen) atoms. The van der Waals surface area contributed by atoms with Crippen molar-refractivity contribution in [2.75, 3.05) is 24.5 Å². The molecule has 1 aliphatic rings. The molecule has 5 heteroatoms. The van der Waals surface area contributed by atoms with E-state index in [0.29, 0.717) is 17.1 Å². The summed E-state index contributed by atoms with van der Waals surface area (Å²) in [6.45, 7) is 1.70. The average Bonchev–Trinajstić information content (AvgIpc) is 2.54. The first-order valence-electron chi connectivity index (χ1n) is 5.42. The molecule has 2 rings (SSSR count). The second kappa shape index (κ2) is 5.07. The van der Waals surface area contributed by atoms with Gasteiger partial charge in [0, 0.05) is 18.1 Å². The molecular weight excluding hydrogens is 238 g/mol.